The van der Waals surface area contributed by atoms with Crippen molar-refractivity contribution in [2.45, 2.75) is 75.3 Å². The molecule has 1 amide bonds. The third-order valence-corrected chi connectivity index (χ3v) is 5.55. The molecule has 0 fully saturated rings. The van der Waals surface area contributed by atoms with Crippen molar-refractivity contribution in [3.63, 3.8) is 0 Å². The van der Waals surface area contributed by atoms with Crippen molar-refractivity contribution < 1.29 is 4.79 Å². The number of hydrogen-bond donors (Lipinski definition) is 1. The van der Waals surface area contributed by atoms with E-state index in [-0.39, 0.29) is 5.91 Å². The molecule has 1 aromatic heterocycles. The summed E-state index contributed by atoms with van der Waals surface area (Å²) in [4.78, 5) is 16.2. The number of carbonyl (C=O) groups is 1. The number of primary amides is 1. The van der Waals surface area contributed by atoms with E-state index in [4.69, 9.17) is 5.73 Å². The Morgan fingerprint density at radius 3 is 1.78 bits per heavy atom. The van der Waals surface area contributed by atoms with Crippen LogP contribution in [0, 0.1) is 0 Å². The number of unbranched alkanes of at least 4 members (excludes halogenated alkanes) is 6. The lowest BCUT2D eigenvalue weighted by Gasteiger charge is -2.07. The van der Waals surface area contributed by atoms with Gasteiger partial charge in [0.15, 0.2) is 0 Å². The van der Waals surface area contributed by atoms with Crippen molar-refractivity contribution in [1.82, 2.24) is 4.98 Å². The first-order valence-electron chi connectivity index (χ1n) is 8.74. The maximum Gasteiger partial charge on any atom is 0.248 e. The van der Waals surface area contributed by atoms with Crippen LogP contribution in [0.2, 0.25) is 0 Å². The highest BCUT2D eigenvalue weighted by Crippen LogP contribution is 2.25. The van der Waals surface area contributed by atoms with Gasteiger partial charge < -0.3 is 5.73 Å². The fourth-order valence-electron chi connectivity index (χ4n) is 2.18. The molecule has 5 heteroatoms. The summed E-state index contributed by atoms with van der Waals surface area (Å²) in [6, 6.07) is 3.65. The van der Waals surface area contributed by atoms with Gasteiger partial charge in [0.1, 0.15) is 0 Å². The molecule has 1 rings (SSSR count). The number of aromatic nitrogens is 1. The Kier molecular flexibility index (Phi) is 11.3. The second-order valence-corrected chi connectivity index (χ2v) is 7.95. The number of pyridine rings is 1. The predicted octanol–water partition coefficient (Wildman–Crippen LogP) is 5.53. The first kappa shape index (κ1) is 20.4. The van der Waals surface area contributed by atoms with Gasteiger partial charge in [-0.15, -0.1) is 23.5 Å². The van der Waals surface area contributed by atoms with Gasteiger partial charge in [-0.2, -0.15) is 0 Å². The molecule has 0 aromatic carbocycles. The Balaban J connectivity index is 2.54. The van der Waals surface area contributed by atoms with Gasteiger partial charge >= 0.3 is 0 Å². The van der Waals surface area contributed by atoms with Crippen LogP contribution in [0.3, 0.4) is 0 Å². The highest BCUT2D eigenvalue weighted by atomic mass is 32.2. The molecule has 23 heavy (non-hydrogen) atoms. The molecule has 0 saturated heterocycles. The molecule has 3 nitrogen and oxygen atoms in total. The second-order valence-electron chi connectivity index (χ2n) is 5.71. The van der Waals surface area contributed by atoms with Gasteiger partial charge in [-0.25, -0.2) is 4.98 Å². The highest BCUT2D eigenvalue weighted by Gasteiger charge is 2.08. The number of amides is 1. The van der Waals surface area contributed by atoms with E-state index in [1.54, 1.807) is 23.5 Å². The van der Waals surface area contributed by atoms with Gasteiger partial charge in [0.25, 0.3) is 0 Å². The Bertz CT molecular complexity index is 434. The van der Waals surface area contributed by atoms with Gasteiger partial charge in [-0.1, -0.05) is 52.4 Å². The average molecular weight is 355 g/mol. The van der Waals surface area contributed by atoms with E-state index in [1.807, 2.05) is 12.1 Å². The van der Waals surface area contributed by atoms with Crippen LogP contribution in [0.5, 0.6) is 0 Å². The molecule has 0 spiro atoms. The van der Waals surface area contributed by atoms with Crippen molar-refractivity contribution in [2.24, 2.45) is 5.73 Å². The van der Waals surface area contributed by atoms with Crippen molar-refractivity contribution in [3.05, 3.63) is 17.7 Å². The maximum absolute atomic E-state index is 11.5. The Hall–Kier alpha value is -0.680. The standard InChI is InChI=1S/C18H30N2OS2/c1-3-5-7-9-11-22-16-13-15(18(19)21)14-17(20-16)23-12-10-8-6-4-2/h13-14H,3-12H2,1-2H3,(H2,19,21). The molecule has 0 aliphatic carbocycles. The monoisotopic (exact) mass is 354 g/mol. The minimum absolute atomic E-state index is 0.368. The zero-order chi connectivity index (χ0) is 16.9. The van der Waals surface area contributed by atoms with Gasteiger partial charge in [0, 0.05) is 5.56 Å². The Morgan fingerprint density at radius 2 is 1.39 bits per heavy atom. The maximum atomic E-state index is 11.5. The molecule has 2 N–H and O–H groups in total. The number of rotatable bonds is 13. The molecule has 1 heterocycles. The molecular weight excluding hydrogens is 324 g/mol. The fourth-order valence-corrected chi connectivity index (χ4v) is 4.10. The summed E-state index contributed by atoms with van der Waals surface area (Å²) in [6.07, 6.45) is 9.98. The molecule has 130 valence electrons. The molecule has 0 aliphatic rings. The normalized spacial score (nSPS) is 10.9. The van der Waals surface area contributed by atoms with Crippen LogP contribution in [0.15, 0.2) is 22.2 Å². The van der Waals surface area contributed by atoms with Crippen LogP contribution in [0.1, 0.15) is 75.6 Å². The predicted molar refractivity (Wildman–Crippen MR) is 102 cm³/mol. The van der Waals surface area contributed by atoms with E-state index in [0.29, 0.717) is 5.56 Å². The van der Waals surface area contributed by atoms with Crippen molar-refractivity contribution in [1.29, 1.82) is 0 Å². The van der Waals surface area contributed by atoms with E-state index in [9.17, 15) is 4.79 Å². The van der Waals surface area contributed by atoms with Crippen LogP contribution in [-0.4, -0.2) is 22.4 Å². The van der Waals surface area contributed by atoms with Crippen LogP contribution in [0.25, 0.3) is 0 Å². The SMILES string of the molecule is CCCCCCSc1cc(C(N)=O)cc(SCCCCCC)n1. The third-order valence-electron chi connectivity index (χ3n) is 3.56. The summed E-state index contributed by atoms with van der Waals surface area (Å²) in [6.45, 7) is 4.43. The first-order chi connectivity index (χ1) is 11.2. The summed E-state index contributed by atoms with van der Waals surface area (Å²) >= 11 is 3.46. The molecular formula is C18H30N2OS2. The molecule has 0 radical (unpaired) electrons. The number of nitrogens with two attached hydrogens (primary N) is 1. The lowest BCUT2D eigenvalue weighted by atomic mass is 10.2. The summed E-state index contributed by atoms with van der Waals surface area (Å²) in [5.74, 6) is 1.74. The van der Waals surface area contributed by atoms with Crippen LogP contribution in [-0.2, 0) is 0 Å². The molecule has 0 aliphatic heterocycles. The van der Waals surface area contributed by atoms with E-state index in [1.165, 1.54) is 51.4 Å². The van der Waals surface area contributed by atoms with E-state index >= 15 is 0 Å². The lowest BCUT2D eigenvalue weighted by Crippen LogP contribution is -2.11. The quantitative estimate of drug-likeness (QED) is 0.374. The molecule has 0 unspecified atom stereocenters. The van der Waals surface area contributed by atoms with Gasteiger partial charge in [0.05, 0.1) is 10.1 Å². The van der Waals surface area contributed by atoms with Gasteiger partial charge in [-0.3, -0.25) is 4.79 Å². The van der Waals surface area contributed by atoms with Gasteiger partial charge in [0.2, 0.25) is 5.91 Å². The fraction of sp³-hybridized carbons (Fsp3) is 0.667. The van der Waals surface area contributed by atoms with E-state index < -0.39 is 0 Å². The Morgan fingerprint density at radius 1 is 0.913 bits per heavy atom. The second kappa shape index (κ2) is 12.7. The van der Waals surface area contributed by atoms with Crippen molar-refractivity contribution in [2.75, 3.05) is 11.5 Å². The summed E-state index contributed by atoms with van der Waals surface area (Å²) in [7, 11) is 0. The third kappa shape index (κ3) is 9.26. The zero-order valence-electron chi connectivity index (χ0n) is 14.5. The largest absolute Gasteiger partial charge is 0.366 e. The molecule has 0 atom stereocenters. The summed E-state index contributed by atoms with van der Waals surface area (Å²) in [5.41, 5.74) is 6.03. The highest BCUT2D eigenvalue weighted by molar-refractivity contribution is 7.99. The number of hydrogen-bond acceptors (Lipinski definition) is 4. The molecule has 0 saturated carbocycles. The van der Waals surface area contributed by atoms with Crippen molar-refractivity contribution >= 4 is 29.4 Å². The topological polar surface area (TPSA) is 56.0 Å². The number of carbonyl (C=O) groups excluding carboxylic acids is 1. The number of thioether (sulfide) groups is 2. The summed E-state index contributed by atoms with van der Waals surface area (Å²) in [5, 5.41) is 1.85. The smallest absolute Gasteiger partial charge is 0.248 e. The van der Waals surface area contributed by atoms with Gasteiger partial charge in [-0.05, 0) is 36.5 Å². The minimum atomic E-state index is -0.368. The molecule has 1 aromatic rings. The van der Waals surface area contributed by atoms with Crippen LogP contribution >= 0.6 is 23.5 Å². The summed E-state index contributed by atoms with van der Waals surface area (Å²) < 4.78 is 0. The average Bonchev–Trinajstić information content (AvgIpc) is 2.54. The number of nitrogens with zero attached hydrogens (tertiary/aromatic N) is 1. The zero-order valence-corrected chi connectivity index (χ0v) is 16.1. The minimum Gasteiger partial charge on any atom is -0.366 e. The van der Waals surface area contributed by atoms with Crippen LogP contribution < -0.4 is 5.73 Å². The Labute approximate surface area is 149 Å². The van der Waals surface area contributed by atoms with Crippen molar-refractivity contribution in [3.8, 4) is 0 Å². The lowest BCUT2D eigenvalue weighted by molar-refractivity contribution is 0.0999. The van der Waals surface area contributed by atoms with E-state index in [0.717, 1.165) is 21.6 Å². The molecule has 0 bridgehead atoms. The van der Waals surface area contributed by atoms with Crippen LogP contribution in [0.4, 0.5) is 0 Å². The van der Waals surface area contributed by atoms with E-state index in [2.05, 4.69) is 18.8 Å². The first-order valence-corrected chi connectivity index (χ1v) is 10.7.